The highest BCUT2D eigenvalue weighted by Crippen LogP contribution is 2.33. The number of ether oxygens (including phenoxy) is 1. The van der Waals surface area contributed by atoms with Gasteiger partial charge in [0.15, 0.2) is 0 Å². The van der Waals surface area contributed by atoms with Gasteiger partial charge < -0.3 is 10.1 Å². The molecule has 1 aromatic rings. The summed E-state index contributed by atoms with van der Waals surface area (Å²) in [6.07, 6.45) is 5.75. The highest BCUT2D eigenvalue weighted by Gasteiger charge is 2.36. The molecule has 2 unspecified atom stereocenters. The molecule has 0 bridgehead atoms. The average molecular weight is 297 g/mol. The first-order valence-electron chi connectivity index (χ1n) is 6.98. The molecule has 1 aromatic heterocycles. The molecule has 0 aliphatic heterocycles. The van der Waals surface area contributed by atoms with Crippen LogP contribution in [0, 0.1) is 5.92 Å². The van der Waals surface area contributed by atoms with E-state index in [-0.39, 0.29) is 11.4 Å². The van der Waals surface area contributed by atoms with Gasteiger partial charge in [0.1, 0.15) is 5.56 Å². The Morgan fingerprint density at radius 3 is 3.10 bits per heavy atom. The fourth-order valence-electron chi connectivity index (χ4n) is 2.96. The van der Waals surface area contributed by atoms with Gasteiger partial charge in [-0.15, -0.1) is 11.6 Å². The monoisotopic (exact) mass is 296 g/mol. The van der Waals surface area contributed by atoms with Crippen molar-refractivity contribution < 1.29 is 9.53 Å². The lowest BCUT2D eigenvalue weighted by molar-refractivity contribution is 0.0863. The van der Waals surface area contributed by atoms with Crippen LogP contribution in [0.2, 0.25) is 0 Å². The number of hydrogen-bond acceptors (Lipinski definition) is 3. The van der Waals surface area contributed by atoms with Crippen LogP contribution >= 0.6 is 11.6 Å². The molecule has 1 N–H and O–H groups in total. The van der Waals surface area contributed by atoms with E-state index >= 15 is 0 Å². The Balaban J connectivity index is 2.17. The summed E-state index contributed by atoms with van der Waals surface area (Å²) in [6, 6.07) is 3.45. The second-order valence-electron chi connectivity index (χ2n) is 5.63. The fourth-order valence-corrected chi connectivity index (χ4v) is 3.27. The van der Waals surface area contributed by atoms with Gasteiger partial charge in [-0.3, -0.25) is 4.79 Å². The Morgan fingerprint density at radius 1 is 1.65 bits per heavy atom. The van der Waals surface area contributed by atoms with Crippen molar-refractivity contribution in [2.75, 3.05) is 13.0 Å². The fraction of sp³-hybridized carbons (Fsp3) is 0.600. The van der Waals surface area contributed by atoms with E-state index in [0.717, 1.165) is 19.3 Å². The van der Waals surface area contributed by atoms with Crippen LogP contribution in [-0.4, -0.2) is 29.4 Å². The predicted octanol–water partition coefficient (Wildman–Crippen LogP) is 3.01. The number of halogens is 1. The van der Waals surface area contributed by atoms with Crippen LogP contribution in [0.1, 0.15) is 43.0 Å². The molecule has 20 heavy (non-hydrogen) atoms. The summed E-state index contributed by atoms with van der Waals surface area (Å²) in [7, 11) is 1.51. The molecule has 0 radical (unpaired) electrons. The minimum absolute atomic E-state index is 0.162. The number of rotatable bonds is 4. The number of carbonyl (C=O) groups excluding carboxylic acids is 1. The van der Waals surface area contributed by atoms with E-state index in [2.05, 4.69) is 17.2 Å². The van der Waals surface area contributed by atoms with Crippen molar-refractivity contribution in [3.63, 3.8) is 0 Å². The molecule has 5 heteroatoms. The number of alkyl halides is 1. The third-order valence-electron chi connectivity index (χ3n) is 3.94. The van der Waals surface area contributed by atoms with Gasteiger partial charge in [0.05, 0.1) is 12.6 Å². The quantitative estimate of drug-likeness (QED) is 0.869. The van der Waals surface area contributed by atoms with E-state index < -0.39 is 0 Å². The van der Waals surface area contributed by atoms with Crippen LogP contribution in [0.4, 0.5) is 0 Å². The van der Waals surface area contributed by atoms with Gasteiger partial charge in [-0.25, -0.2) is 4.98 Å². The Labute approximate surface area is 124 Å². The molecule has 1 heterocycles. The lowest BCUT2D eigenvalue weighted by Gasteiger charge is -2.39. The molecule has 0 spiro atoms. The number of pyridine rings is 1. The Morgan fingerprint density at radius 2 is 2.45 bits per heavy atom. The Kier molecular flexibility index (Phi) is 4.86. The second kappa shape index (κ2) is 6.44. The third-order valence-corrected chi connectivity index (χ3v) is 4.45. The zero-order valence-corrected chi connectivity index (χ0v) is 12.7. The van der Waals surface area contributed by atoms with Crippen molar-refractivity contribution in [3.8, 4) is 5.88 Å². The van der Waals surface area contributed by atoms with E-state index in [1.807, 2.05) is 0 Å². The molecule has 2 rings (SSSR count). The largest absolute Gasteiger partial charge is 0.480 e. The number of nitrogens with one attached hydrogen (secondary N) is 1. The lowest BCUT2D eigenvalue weighted by Crippen LogP contribution is -2.52. The van der Waals surface area contributed by atoms with Gasteiger partial charge in [-0.1, -0.05) is 19.8 Å². The van der Waals surface area contributed by atoms with Crippen molar-refractivity contribution in [1.29, 1.82) is 0 Å². The minimum Gasteiger partial charge on any atom is -0.480 e. The van der Waals surface area contributed by atoms with Crippen LogP contribution in [-0.2, 0) is 0 Å². The number of nitrogens with zero attached hydrogens (tertiary/aromatic N) is 1. The van der Waals surface area contributed by atoms with Gasteiger partial charge in [0.2, 0.25) is 5.88 Å². The molecule has 0 aromatic carbocycles. The molecule has 1 amide bonds. The van der Waals surface area contributed by atoms with E-state index in [0.29, 0.717) is 23.2 Å². The maximum atomic E-state index is 12.5. The summed E-state index contributed by atoms with van der Waals surface area (Å²) in [6.45, 7) is 2.21. The van der Waals surface area contributed by atoms with E-state index in [1.165, 1.54) is 13.5 Å². The molecule has 1 fully saturated rings. The first kappa shape index (κ1) is 15.1. The van der Waals surface area contributed by atoms with Crippen LogP contribution in [0.15, 0.2) is 18.3 Å². The lowest BCUT2D eigenvalue weighted by atomic mass is 9.77. The summed E-state index contributed by atoms with van der Waals surface area (Å²) < 4.78 is 5.14. The standard InChI is InChI=1S/C15H21ClN2O2/c1-11-5-3-7-15(9-11,10-16)18-13(19)12-6-4-8-17-14(12)20-2/h4,6,8,11H,3,5,7,9-10H2,1-2H3,(H,18,19). The summed E-state index contributed by atoms with van der Waals surface area (Å²) >= 11 is 6.15. The van der Waals surface area contributed by atoms with Crippen molar-refractivity contribution in [2.45, 2.75) is 38.1 Å². The molecular weight excluding hydrogens is 276 g/mol. The average Bonchev–Trinajstić information content (AvgIpc) is 2.47. The van der Waals surface area contributed by atoms with Crippen LogP contribution in [0.25, 0.3) is 0 Å². The number of carbonyl (C=O) groups is 1. The predicted molar refractivity (Wildman–Crippen MR) is 79.3 cm³/mol. The summed E-state index contributed by atoms with van der Waals surface area (Å²) in [5, 5.41) is 3.11. The van der Waals surface area contributed by atoms with Crippen molar-refractivity contribution in [2.24, 2.45) is 5.92 Å². The highest BCUT2D eigenvalue weighted by atomic mass is 35.5. The van der Waals surface area contributed by atoms with Crippen molar-refractivity contribution in [3.05, 3.63) is 23.9 Å². The molecule has 4 nitrogen and oxygen atoms in total. The molecule has 0 saturated heterocycles. The number of methoxy groups -OCH3 is 1. The molecule has 1 saturated carbocycles. The first-order chi connectivity index (χ1) is 9.60. The molecule has 2 atom stereocenters. The number of hydrogen-bond donors (Lipinski definition) is 1. The molecule has 1 aliphatic rings. The zero-order chi connectivity index (χ0) is 14.6. The summed E-state index contributed by atoms with van der Waals surface area (Å²) in [5.74, 6) is 1.20. The number of aromatic nitrogens is 1. The maximum Gasteiger partial charge on any atom is 0.257 e. The SMILES string of the molecule is COc1ncccc1C(=O)NC1(CCl)CCCC(C)C1. The third kappa shape index (κ3) is 3.23. The van der Waals surface area contributed by atoms with Crippen LogP contribution in [0.5, 0.6) is 5.88 Å². The molecule has 1 aliphatic carbocycles. The summed E-state index contributed by atoms with van der Waals surface area (Å²) in [4.78, 5) is 16.5. The molecule has 110 valence electrons. The van der Waals surface area contributed by atoms with E-state index in [9.17, 15) is 4.79 Å². The minimum atomic E-state index is -0.308. The normalized spacial score (nSPS) is 26.1. The van der Waals surface area contributed by atoms with Crippen LogP contribution in [0.3, 0.4) is 0 Å². The highest BCUT2D eigenvalue weighted by molar-refractivity contribution is 6.19. The first-order valence-corrected chi connectivity index (χ1v) is 7.51. The van der Waals surface area contributed by atoms with Crippen LogP contribution < -0.4 is 10.1 Å². The van der Waals surface area contributed by atoms with Gasteiger partial charge in [-0.05, 0) is 30.9 Å². The second-order valence-corrected chi connectivity index (χ2v) is 5.90. The van der Waals surface area contributed by atoms with Gasteiger partial charge >= 0.3 is 0 Å². The van der Waals surface area contributed by atoms with Gasteiger partial charge in [0, 0.05) is 12.1 Å². The number of amides is 1. The van der Waals surface area contributed by atoms with Crippen molar-refractivity contribution in [1.82, 2.24) is 10.3 Å². The topological polar surface area (TPSA) is 51.2 Å². The Hall–Kier alpha value is -1.29. The maximum absolute atomic E-state index is 12.5. The zero-order valence-electron chi connectivity index (χ0n) is 12.0. The van der Waals surface area contributed by atoms with E-state index in [4.69, 9.17) is 16.3 Å². The van der Waals surface area contributed by atoms with Gasteiger partial charge in [-0.2, -0.15) is 0 Å². The van der Waals surface area contributed by atoms with Crippen molar-refractivity contribution >= 4 is 17.5 Å². The summed E-state index contributed by atoms with van der Waals surface area (Å²) in [5.41, 5.74) is 0.148. The molecular formula is C15H21ClN2O2. The smallest absolute Gasteiger partial charge is 0.257 e. The van der Waals surface area contributed by atoms with E-state index in [1.54, 1.807) is 18.3 Å². The van der Waals surface area contributed by atoms with Gasteiger partial charge in [0.25, 0.3) is 5.91 Å². The Bertz CT molecular complexity index is 481.